The van der Waals surface area contributed by atoms with E-state index in [2.05, 4.69) is 26.1 Å². The number of nitrogens with zero attached hydrogens (tertiary/aromatic N) is 1. The van der Waals surface area contributed by atoms with Gasteiger partial charge in [-0.25, -0.2) is 0 Å². The maximum Gasteiger partial charge on any atom is 0.262 e. The first-order chi connectivity index (χ1) is 8.66. The Morgan fingerprint density at radius 3 is 2.94 bits per heavy atom. The quantitative estimate of drug-likeness (QED) is 0.916. The van der Waals surface area contributed by atoms with Crippen LogP contribution in [-0.4, -0.2) is 49.7 Å². The lowest BCUT2D eigenvalue weighted by Crippen LogP contribution is -2.45. The highest BCUT2D eigenvalue weighted by molar-refractivity contribution is 9.10. The first-order valence-electron chi connectivity index (χ1n) is 6.01. The number of carbonyl (C=O) groups is 1. The van der Waals surface area contributed by atoms with Gasteiger partial charge in [-0.1, -0.05) is 0 Å². The molecule has 0 bridgehead atoms. The van der Waals surface area contributed by atoms with Crippen molar-refractivity contribution in [3.8, 4) is 0 Å². The predicted octanol–water partition coefficient (Wildman–Crippen LogP) is 1.96. The average molecular weight is 333 g/mol. The highest BCUT2D eigenvalue weighted by Crippen LogP contribution is 2.22. The van der Waals surface area contributed by atoms with Gasteiger partial charge >= 0.3 is 0 Å². The van der Waals surface area contributed by atoms with Crippen LogP contribution >= 0.6 is 27.3 Å². The van der Waals surface area contributed by atoms with Gasteiger partial charge in [0, 0.05) is 30.1 Å². The molecule has 1 aromatic rings. The number of carbonyl (C=O) groups excluding carboxylic acids is 1. The summed E-state index contributed by atoms with van der Waals surface area (Å²) in [6, 6.07) is 2.04. The Bertz CT molecular complexity index is 405. The smallest absolute Gasteiger partial charge is 0.262 e. The van der Waals surface area contributed by atoms with Crippen LogP contribution in [0.5, 0.6) is 0 Å². The van der Waals surface area contributed by atoms with Gasteiger partial charge in [-0.3, -0.25) is 9.69 Å². The number of halogens is 1. The lowest BCUT2D eigenvalue weighted by atomic mass is 10.2. The van der Waals surface area contributed by atoms with E-state index in [0.29, 0.717) is 0 Å². The maximum absolute atomic E-state index is 12.0. The van der Waals surface area contributed by atoms with Gasteiger partial charge in [0.25, 0.3) is 5.91 Å². The van der Waals surface area contributed by atoms with Crippen molar-refractivity contribution in [2.45, 2.75) is 13.0 Å². The minimum atomic E-state index is -0.00219. The van der Waals surface area contributed by atoms with Gasteiger partial charge in [0.05, 0.1) is 13.2 Å². The van der Waals surface area contributed by atoms with E-state index in [1.807, 2.05) is 18.4 Å². The Labute approximate surface area is 119 Å². The summed E-state index contributed by atoms with van der Waals surface area (Å²) in [6.07, 6.45) is 0. The van der Waals surface area contributed by atoms with Gasteiger partial charge in [-0.15, -0.1) is 11.3 Å². The third kappa shape index (κ3) is 3.78. The van der Waals surface area contributed by atoms with Crippen LogP contribution in [0.1, 0.15) is 16.6 Å². The molecule has 0 saturated carbocycles. The molecule has 1 aliphatic rings. The average Bonchev–Trinajstić information content (AvgIpc) is 2.76. The molecule has 1 fully saturated rings. The van der Waals surface area contributed by atoms with Gasteiger partial charge < -0.3 is 10.1 Å². The zero-order valence-corrected chi connectivity index (χ0v) is 12.7. The van der Waals surface area contributed by atoms with Crippen LogP contribution in [0.2, 0.25) is 0 Å². The normalized spacial score (nSPS) is 18.6. The Balaban J connectivity index is 1.81. The molecule has 2 rings (SSSR count). The summed E-state index contributed by atoms with van der Waals surface area (Å²) in [4.78, 5) is 15.1. The molecule has 0 aromatic carbocycles. The van der Waals surface area contributed by atoms with Crippen molar-refractivity contribution in [3.63, 3.8) is 0 Å². The van der Waals surface area contributed by atoms with E-state index in [1.54, 1.807) is 0 Å². The fourth-order valence-electron chi connectivity index (χ4n) is 1.96. The van der Waals surface area contributed by atoms with E-state index < -0.39 is 0 Å². The summed E-state index contributed by atoms with van der Waals surface area (Å²) < 4.78 is 6.17. The van der Waals surface area contributed by atoms with E-state index in [0.717, 1.165) is 42.2 Å². The molecule has 0 spiro atoms. The summed E-state index contributed by atoms with van der Waals surface area (Å²) in [5.74, 6) is -0.00219. The van der Waals surface area contributed by atoms with Gasteiger partial charge in [0.1, 0.15) is 4.88 Å². The standard InChI is InChI=1S/C12H17BrN2O2S/c1-9(8-15-3-5-17-6-4-15)14-12(16)11-10(13)2-7-18-11/h2,7,9H,3-6,8H2,1H3,(H,14,16). The van der Waals surface area contributed by atoms with E-state index in [1.165, 1.54) is 11.3 Å². The molecule has 0 aliphatic carbocycles. The predicted molar refractivity (Wildman–Crippen MR) is 76.2 cm³/mol. The van der Waals surface area contributed by atoms with Gasteiger partial charge in [-0.05, 0) is 34.3 Å². The number of thiophene rings is 1. The van der Waals surface area contributed by atoms with Crippen molar-refractivity contribution in [2.75, 3.05) is 32.8 Å². The topological polar surface area (TPSA) is 41.6 Å². The van der Waals surface area contributed by atoms with Crippen molar-refractivity contribution >= 4 is 33.2 Å². The van der Waals surface area contributed by atoms with Gasteiger partial charge in [-0.2, -0.15) is 0 Å². The third-order valence-corrected chi connectivity index (χ3v) is 4.67. The van der Waals surface area contributed by atoms with Crippen molar-refractivity contribution in [2.24, 2.45) is 0 Å². The van der Waals surface area contributed by atoms with Crippen LogP contribution in [0.25, 0.3) is 0 Å². The molecular formula is C12H17BrN2O2S. The van der Waals surface area contributed by atoms with Crippen LogP contribution in [0, 0.1) is 0 Å². The minimum Gasteiger partial charge on any atom is -0.379 e. The number of hydrogen-bond acceptors (Lipinski definition) is 4. The molecule has 1 aromatic heterocycles. The SMILES string of the molecule is CC(CN1CCOCC1)NC(=O)c1sccc1Br. The molecule has 1 atom stereocenters. The molecule has 2 heterocycles. The summed E-state index contributed by atoms with van der Waals surface area (Å²) >= 11 is 4.83. The second-order valence-electron chi connectivity index (χ2n) is 4.39. The Hall–Kier alpha value is -0.430. The fraction of sp³-hybridized carbons (Fsp3) is 0.583. The van der Waals surface area contributed by atoms with E-state index in [4.69, 9.17) is 4.74 Å². The number of rotatable bonds is 4. The summed E-state index contributed by atoms with van der Waals surface area (Å²) in [6.45, 7) is 6.38. The Kier molecular flexibility index (Phi) is 5.17. The number of hydrogen-bond donors (Lipinski definition) is 1. The molecule has 1 aliphatic heterocycles. The third-order valence-electron chi connectivity index (χ3n) is 2.84. The molecule has 1 saturated heterocycles. The minimum absolute atomic E-state index is 0.00219. The molecule has 4 nitrogen and oxygen atoms in total. The van der Waals surface area contributed by atoms with Crippen LogP contribution in [0.15, 0.2) is 15.9 Å². The zero-order chi connectivity index (χ0) is 13.0. The largest absolute Gasteiger partial charge is 0.379 e. The number of amides is 1. The van der Waals surface area contributed by atoms with E-state index in [-0.39, 0.29) is 11.9 Å². The summed E-state index contributed by atoms with van der Waals surface area (Å²) in [5, 5.41) is 4.94. The molecule has 1 amide bonds. The lowest BCUT2D eigenvalue weighted by Gasteiger charge is -2.29. The van der Waals surface area contributed by atoms with Crippen molar-refractivity contribution in [3.05, 3.63) is 20.8 Å². The fourth-order valence-corrected chi connectivity index (χ4v) is 3.42. The highest BCUT2D eigenvalue weighted by atomic mass is 79.9. The molecule has 18 heavy (non-hydrogen) atoms. The molecular weight excluding hydrogens is 316 g/mol. The summed E-state index contributed by atoms with van der Waals surface area (Å²) in [5.41, 5.74) is 0. The molecule has 1 unspecified atom stereocenters. The van der Waals surface area contributed by atoms with Crippen LogP contribution in [-0.2, 0) is 4.74 Å². The lowest BCUT2D eigenvalue weighted by molar-refractivity contribution is 0.0342. The van der Waals surface area contributed by atoms with Gasteiger partial charge in [0.2, 0.25) is 0 Å². The zero-order valence-electron chi connectivity index (χ0n) is 10.3. The van der Waals surface area contributed by atoms with Crippen LogP contribution < -0.4 is 5.32 Å². The molecule has 0 radical (unpaired) electrons. The van der Waals surface area contributed by atoms with E-state index >= 15 is 0 Å². The van der Waals surface area contributed by atoms with Crippen LogP contribution in [0.3, 0.4) is 0 Å². The van der Waals surface area contributed by atoms with Gasteiger partial charge in [0.15, 0.2) is 0 Å². The first-order valence-corrected chi connectivity index (χ1v) is 7.68. The van der Waals surface area contributed by atoms with Crippen molar-refractivity contribution < 1.29 is 9.53 Å². The second-order valence-corrected chi connectivity index (χ2v) is 6.16. The molecule has 6 heteroatoms. The van der Waals surface area contributed by atoms with E-state index in [9.17, 15) is 4.79 Å². The number of ether oxygens (including phenoxy) is 1. The van der Waals surface area contributed by atoms with Crippen molar-refractivity contribution in [1.29, 1.82) is 0 Å². The Morgan fingerprint density at radius 2 is 2.33 bits per heavy atom. The van der Waals surface area contributed by atoms with Crippen LogP contribution in [0.4, 0.5) is 0 Å². The highest BCUT2D eigenvalue weighted by Gasteiger charge is 2.17. The first kappa shape index (κ1) is 14.0. The number of nitrogens with one attached hydrogen (secondary N) is 1. The monoisotopic (exact) mass is 332 g/mol. The molecule has 1 N–H and O–H groups in total. The Morgan fingerprint density at radius 1 is 1.61 bits per heavy atom. The maximum atomic E-state index is 12.0. The molecule has 100 valence electrons. The number of morpholine rings is 1. The van der Waals surface area contributed by atoms with Crippen molar-refractivity contribution in [1.82, 2.24) is 10.2 Å². The second kappa shape index (κ2) is 6.65. The summed E-state index contributed by atoms with van der Waals surface area (Å²) in [7, 11) is 0.